The molecular formula is C21H20FNO5. The molecule has 0 bridgehead atoms. The topological polar surface area (TPSA) is 69.9 Å². The minimum absolute atomic E-state index is 0.0812. The Kier molecular flexibility index (Phi) is 5.84. The van der Waals surface area contributed by atoms with Gasteiger partial charge in [-0.25, -0.2) is 4.39 Å². The van der Waals surface area contributed by atoms with E-state index in [9.17, 15) is 9.18 Å². The van der Waals surface area contributed by atoms with Gasteiger partial charge in [0.15, 0.2) is 17.3 Å². The zero-order valence-electron chi connectivity index (χ0n) is 15.7. The third-order valence-electron chi connectivity index (χ3n) is 4.19. The van der Waals surface area contributed by atoms with Gasteiger partial charge in [-0.2, -0.15) is 0 Å². The SMILES string of the molecule is COc1ccc(CNC(=O)c2ccc(-c3ccccc3F)o2)c(OC)c1OC. The predicted octanol–water partition coefficient (Wildman–Crippen LogP) is 4.04. The van der Waals surface area contributed by atoms with Gasteiger partial charge in [-0.05, 0) is 36.4 Å². The molecule has 0 aliphatic carbocycles. The highest BCUT2D eigenvalue weighted by molar-refractivity contribution is 5.92. The van der Waals surface area contributed by atoms with E-state index in [-0.39, 0.29) is 18.1 Å². The highest BCUT2D eigenvalue weighted by atomic mass is 19.1. The minimum Gasteiger partial charge on any atom is -0.493 e. The average Bonchev–Trinajstić information content (AvgIpc) is 3.21. The number of methoxy groups -OCH3 is 3. The maximum atomic E-state index is 13.9. The number of hydrogen-bond acceptors (Lipinski definition) is 5. The van der Waals surface area contributed by atoms with E-state index in [0.29, 0.717) is 28.4 Å². The number of nitrogens with one attached hydrogen (secondary N) is 1. The molecule has 0 aliphatic rings. The number of hydrogen-bond donors (Lipinski definition) is 1. The highest BCUT2D eigenvalue weighted by Gasteiger charge is 2.18. The standard InChI is InChI=1S/C21H20FNO5/c1-25-17-9-8-13(19(26-2)20(17)27-3)12-23-21(24)18-11-10-16(28-18)14-6-4-5-7-15(14)22/h4-11H,12H2,1-3H3,(H,23,24). The Hall–Kier alpha value is -3.48. The van der Waals surface area contributed by atoms with Gasteiger partial charge in [0.25, 0.3) is 5.91 Å². The van der Waals surface area contributed by atoms with Crippen molar-refractivity contribution in [2.24, 2.45) is 0 Å². The molecule has 0 aliphatic heterocycles. The van der Waals surface area contributed by atoms with Gasteiger partial charge >= 0.3 is 0 Å². The maximum Gasteiger partial charge on any atom is 0.287 e. The molecule has 0 spiro atoms. The summed E-state index contributed by atoms with van der Waals surface area (Å²) in [5.74, 6) is 0.947. The number of halogens is 1. The number of carbonyl (C=O) groups excluding carboxylic acids is 1. The monoisotopic (exact) mass is 385 g/mol. The van der Waals surface area contributed by atoms with Crippen LogP contribution in [0.25, 0.3) is 11.3 Å². The van der Waals surface area contributed by atoms with Crippen LogP contribution in [0, 0.1) is 5.82 Å². The fraction of sp³-hybridized carbons (Fsp3) is 0.190. The fourth-order valence-corrected chi connectivity index (χ4v) is 2.83. The number of benzene rings is 2. The maximum absolute atomic E-state index is 13.9. The van der Waals surface area contributed by atoms with Crippen molar-refractivity contribution in [1.82, 2.24) is 5.32 Å². The molecule has 0 radical (unpaired) electrons. The summed E-state index contributed by atoms with van der Waals surface area (Å²) in [7, 11) is 4.55. The first-order chi connectivity index (χ1) is 13.6. The molecule has 0 fully saturated rings. The summed E-state index contributed by atoms with van der Waals surface area (Å²) in [6.07, 6.45) is 0. The van der Waals surface area contributed by atoms with E-state index in [4.69, 9.17) is 18.6 Å². The van der Waals surface area contributed by atoms with E-state index in [0.717, 1.165) is 0 Å². The molecule has 28 heavy (non-hydrogen) atoms. The van der Waals surface area contributed by atoms with Gasteiger partial charge < -0.3 is 23.9 Å². The smallest absolute Gasteiger partial charge is 0.287 e. The Labute approximate surface area is 161 Å². The molecule has 0 saturated heterocycles. The van der Waals surface area contributed by atoms with Crippen LogP contribution < -0.4 is 19.5 Å². The summed E-state index contributed by atoms with van der Waals surface area (Å²) in [6.45, 7) is 0.179. The van der Waals surface area contributed by atoms with Gasteiger partial charge in [0.1, 0.15) is 11.6 Å². The summed E-state index contributed by atoms with van der Waals surface area (Å²) in [5, 5.41) is 2.76. The molecule has 1 aromatic heterocycles. The first kappa shape index (κ1) is 19.3. The van der Waals surface area contributed by atoms with Crippen molar-refractivity contribution in [2.75, 3.05) is 21.3 Å². The number of carbonyl (C=O) groups is 1. The molecule has 6 nitrogen and oxygen atoms in total. The average molecular weight is 385 g/mol. The van der Waals surface area contributed by atoms with Crippen LogP contribution >= 0.6 is 0 Å². The van der Waals surface area contributed by atoms with Gasteiger partial charge in [0.2, 0.25) is 5.75 Å². The van der Waals surface area contributed by atoms with E-state index in [2.05, 4.69) is 5.32 Å². The molecule has 2 aromatic carbocycles. The highest BCUT2D eigenvalue weighted by Crippen LogP contribution is 2.39. The second kappa shape index (κ2) is 8.47. The normalized spacial score (nSPS) is 10.4. The summed E-state index contributed by atoms with van der Waals surface area (Å²) >= 11 is 0. The van der Waals surface area contributed by atoms with E-state index in [1.54, 1.807) is 36.4 Å². The van der Waals surface area contributed by atoms with Crippen molar-refractivity contribution in [3.63, 3.8) is 0 Å². The molecule has 0 saturated carbocycles. The fourth-order valence-electron chi connectivity index (χ4n) is 2.83. The largest absolute Gasteiger partial charge is 0.493 e. The lowest BCUT2D eigenvalue weighted by atomic mass is 10.1. The quantitative estimate of drug-likeness (QED) is 0.665. The van der Waals surface area contributed by atoms with Crippen molar-refractivity contribution in [3.8, 4) is 28.6 Å². The van der Waals surface area contributed by atoms with E-state index in [1.165, 1.54) is 33.5 Å². The van der Waals surface area contributed by atoms with Gasteiger partial charge in [-0.15, -0.1) is 0 Å². The minimum atomic E-state index is -0.431. The number of amides is 1. The van der Waals surface area contributed by atoms with Crippen molar-refractivity contribution in [1.29, 1.82) is 0 Å². The van der Waals surface area contributed by atoms with Gasteiger partial charge in [0.05, 0.1) is 26.9 Å². The molecule has 146 valence electrons. The third kappa shape index (κ3) is 3.78. The molecule has 3 rings (SSSR count). The lowest BCUT2D eigenvalue weighted by molar-refractivity contribution is 0.0923. The van der Waals surface area contributed by atoms with Crippen molar-refractivity contribution < 1.29 is 27.8 Å². The first-order valence-electron chi connectivity index (χ1n) is 8.49. The molecule has 1 N–H and O–H groups in total. The summed E-state index contributed by atoms with van der Waals surface area (Å²) in [6, 6.07) is 12.8. The van der Waals surface area contributed by atoms with Crippen LogP contribution in [-0.2, 0) is 6.54 Å². The number of furan rings is 1. The van der Waals surface area contributed by atoms with Gasteiger partial charge in [0, 0.05) is 12.1 Å². The number of ether oxygens (including phenoxy) is 3. The molecule has 0 atom stereocenters. The molecule has 3 aromatic rings. The van der Waals surface area contributed by atoms with Crippen LogP contribution in [0.4, 0.5) is 4.39 Å². The van der Waals surface area contributed by atoms with E-state index < -0.39 is 11.7 Å². The van der Waals surface area contributed by atoms with Crippen molar-refractivity contribution in [3.05, 3.63) is 65.7 Å². The van der Waals surface area contributed by atoms with Crippen LogP contribution in [0.15, 0.2) is 52.9 Å². The Bertz CT molecular complexity index is 983. The molecule has 7 heteroatoms. The van der Waals surface area contributed by atoms with Crippen LogP contribution in [0.5, 0.6) is 17.2 Å². The first-order valence-corrected chi connectivity index (χ1v) is 8.49. The zero-order chi connectivity index (χ0) is 20.1. The second-order valence-electron chi connectivity index (χ2n) is 5.82. The Morgan fingerprint density at radius 3 is 2.39 bits per heavy atom. The lowest BCUT2D eigenvalue weighted by Gasteiger charge is -2.15. The van der Waals surface area contributed by atoms with Crippen molar-refractivity contribution >= 4 is 5.91 Å². The number of rotatable bonds is 7. The van der Waals surface area contributed by atoms with E-state index in [1.807, 2.05) is 0 Å². The summed E-state index contributed by atoms with van der Waals surface area (Å²) in [5.41, 5.74) is 0.998. The van der Waals surface area contributed by atoms with Crippen LogP contribution in [0.1, 0.15) is 16.1 Å². The summed E-state index contributed by atoms with van der Waals surface area (Å²) in [4.78, 5) is 12.4. The van der Waals surface area contributed by atoms with Gasteiger partial charge in [-0.3, -0.25) is 4.79 Å². The van der Waals surface area contributed by atoms with Gasteiger partial charge in [-0.1, -0.05) is 12.1 Å². The van der Waals surface area contributed by atoms with E-state index >= 15 is 0 Å². The molecular weight excluding hydrogens is 365 g/mol. The summed E-state index contributed by atoms with van der Waals surface area (Å²) < 4.78 is 35.4. The van der Waals surface area contributed by atoms with Crippen molar-refractivity contribution in [2.45, 2.75) is 6.54 Å². The third-order valence-corrected chi connectivity index (χ3v) is 4.19. The molecule has 0 unspecified atom stereocenters. The Balaban J connectivity index is 1.76. The zero-order valence-corrected chi connectivity index (χ0v) is 15.7. The van der Waals surface area contributed by atoms with Crippen LogP contribution in [0.2, 0.25) is 0 Å². The molecule has 1 amide bonds. The Morgan fingerprint density at radius 2 is 1.71 bits per heavy atom. The lowest BCUT2D eigenvalue weighted by Crippen LogP contribution is -2.22. The Morgan fingerprint density at radius 1 is 0.964 bits per heavy atom. The van der Waals surface area contributed by atoms with Crippen LogP contribution in [-0.4, -0.2) is 27.2 Å². The molecule has 1 heterocycles. The van der Waals surface area contributed by atoms with Crippen LogP contribution in [0.3, 0.4) is 0 Å². The second-order valence-corrected chi connectivity index (χ2v) is 5.82. The predicted molar refractivity (Wildman–Crippen MR) is 101 cm³/mol.